The summed E-state index contributed by atoms with van der Waals surface area (Å²) in [5, 5.41) is 4.01. The van der Waals surface area contributed by atoms with E-state index in [1.54, 1.807) is 6.08 Å². The van der Waals surface area contributed by atoms with Crippen LogP contribution in [0.5, 0.6) is 0 Å². The minimum Gasteiger partial charge on any atom is -0.391 e. The Bertz CT molecular complexity index is 375. The molecule has 2 heteroatoms. The molecule has 0 N–H and O–H groups in total. The van der Waals surface area contributed by atoms with Gasteiger partial charge >= 0.3 is 0 Å². The van der Waals surface area contributed by atoms with Gasteiger partial charge in [-0.25, -0.2) is 0 Å². The molecule has 0 aliphatic heterocycles. The SMILES string of the molecule is C=CCO/N=C(C)/C=C/C1C(C)=CCCC1(C)C. The van der Waals surface area contributed by atoms with Crippen molar-refractivity contribution in [2.75, 3.05) is 6.61 Å². The Hall–Kier alpha value is -1.31. The summed E-state index contributed by atoms with van der Waals surface area (Å²) < 4.78 is 0. The van der Waals surface area contributed by atoms with Gasteiger partial charge in [-0.05, 0) is 38.2 Å². The molecule has 0 saturated carbocycles. The van der Waals surface area contributed by atoms with Crippen LogP contribution in [0.15, 0.2) is 41.6 Å². The largest absolute Gasteiger partial charge is 0.391 e. The van der Waals surface area contributed by atoms with Crippen LogP contribution in [0.3, 0.4) is 0 Å². The molecule has 0 aromatic heterocycles. The minimum atomic E-state index is 0.331. The fourth-order valence-corrected chi connectivity index (χ4v) is 2.44. The van der Waals surface area contributed by atoms with E-state index in [0.29, 0.717) is 17.9 Å². The van der Waals surface area contributed by atoms with Crippen LogP contribution >= 0.6 is 0 Å². The Labute approximate surface area is 111 Å². The first kappa shape index (κ1) is 14.7. The molecule has 0 aromatic rings. The second-order valence-electron chi connectivity index (χ2n) is 5.63. The van der Waals surface area contributed by atoms with Gasteiger partial charge in [0.2, 0.25) is 0 Å². The molecule has 0 radical (unpaired) electrons. The summed E-state index contributed by atoms with van der Waals surface area (Å²) in [6.45, 7) is 12.9. The van der Waals surface area contributed by atoms with E-state index >= 15 is 0 Å². The first-order chi connectivity index (χ1) is 8.47. The van der Waals surface area contributed by atoms with Crippen LogP contribution in [0.2, 0.25) is 0 Å². The zero-order chi connectivity index (χ0) is 13.6. The van der Waals surface area contributed by atoms with E-state index in [2.05, 4.69) is 50.7 Å². The van der Waals surface area contributed by atoms with Crippen molar-refractivity contribution in [2.45, 2.75) is 40.5 Å². The Balaban J connectivity index is 2.69. The van der Waals surface area contributed by atoms with E-state index in [9.17, 15) is 0 Å². The van der Waals surface area contributed by atoms with Crippen molar-refractivity contribution < 1.29 is 4.84 Å². The van der Waals surface area contributed by atoms with Gasteiger partial charge in [0.15, 0.2) is 0 Å². The highest BCUT2D eigenvalue weighted by Crippen LogP contribution is 2.41. The molecule has 0 spiro atoms. The minimum absolute atomic E-state index is 0.331. The van der Waals surface area contributed by atoms with E-state index < -0.39 is 0 Å². The molecule has 2 nitrogen and oxygen atoms in total. The van der Waals surface area contributed by atoms with Gasteiger partial charge in [-0.3, -0.25) is 0 Å². The van der Waals surface area contributed by atoms with E-state index in [4.69, 9.17) is 4.84 Å². The zero-order valence-corrected chi connectivity index (χ0v) is 12.1. The van der Waals surface area contributed by atoms with Crippen LogP contribution in [0.4, 0.5) is 0 Å². The quantitative estimate of drug-likeness (QED) is 0.303. The van der Waals surface area contributed by atoms with Crippen LogP contribution in [-0.4, -0.2) is 12.3 Å². The summed E-state index contributed by atoms with van der Waals surface area (Å²) >= 11 is 0. The maximum atomic E-state index is 5.07. The number of hydrogen-bond donors (Lipinski definition) is 0. The normalized spacial score (nSPS) is 23.9. The zero-order valence-electron chi connectivity index (χ0n) is 12.1. The average Bonchev–Trinajstić information content (AvgIpc) is 2.28. The monoisotopic (exact) mass is 247 g/mol. The van der Waals surface area contributed by atoms with Crippen LogP contribution in [0, 0.1) is 11.3 Å². The van der Waals surface area contributed by atoms with Gasteiger partial charge in [-0.15, -0.1) is 0 Å². The maximum Gasteiger partial charge on any atom is 0.135 e. The lowest BCUT2D eigenvalue weighted by Crippen LogP contribution is -2.26. The van der Waals surface area contributed by atoms with Gasteiger partial charge in [0, 0.05) is 5.92 Å². The molecular formula is C16H25NO. The van der Waals surface area contributed by atoms with Gasteiger partial charge in [-0.2, -0.15) is 0 Å². The lowest BCUT2D eigenvalue weighted by molar-refractivity contribution is 0.175. The second kappa shape index (κ2) is 6.58. The molecule has 0 bridgehead atoms. The van der Waals surface area contributed by atoms with Crippen LogP contribution in [0.25, 0.3) is 0 Å². The lowest BCUT2D eigenvalue weighted by Gasteiger charge is -2.36. The Kier molecular flexibility index (Phi) is 5.39. The van der Waals surface area contributed by atoms with Crippen molar-refractivity contribution >= 4 is 5.71 Å². The van der Waals surface area contributed by atoms with Crippen molar-refractivity contribution in [1.82, 2.24) is 0 Å². The fraction of sp³-hybridized carbons (Fsp3) is 0.562. The molecule has 1 rings (SSSR count). The van der Waals surface area contributed by atoms with E-state index in [1.165, 1.54) is 18.4 Å². The fourth-order valence-electron chi connectivity index (χ4n) is 2.44. The summed E-state index contributed by atoms with van der Waals surface area (Å²) in [5.74, 6) is 0.496. The first-order valence-corrected chi connectivity index (χ1v) is 6.59. The molecule has 1 aliphatic carbocycles. The summed E-state index contributed by atoms with van der Waals surface area (Å²) in [7, 11) is 0. The molecule has 1 atom stereocenters. The topological polar surface area (TPSA) is 21.6 Å². The average molecular weight is 247 g/mol. The number of oxime groups is 1. The molecule has 0 aromatic carbocycles. The molecule has 18 heavy (non-hydrogen) atoms. The maximum absolute atomic E-state index is 5.07. The number of hydrogen-bond acceptors (Lipinski definition) is 2. The lowest BCUT2D eigenvalue weighted by atomic mass is 9.68. The predicted molar refractivity (Wildman–Crippen MR) is 78.7 cm³/mol. The summed E-state index contributed by atoms with van der Waals surface area (Å²) in [6, 6.07) is 0. The van der Waals surface area contributed by atoms with Gasteiger partial charge in [0.25, 0.3) is 0 Å². The van der Waals surface area contributed by atoms with Crippen LogP contribution in [0.1, 0.15) is 40.5 Å². The Morgan fingerprint density at radius 2 is 2.33 bits per heavy atom. The Morgan fingerprint density at radius 3 is 2.94 bits per heavy atom. The highest BCUT2D eigenvalue weighted by Gasteiger charge is 2.30. The summed E-state index contributed by atoms with van der Waals surface area (Å²) in [4.78, 5) is 5.07. The molecule has 1 aliphatic rings. The first-order valence-electron chi connectivity index (χ1n) is 6.59. The van der Waals surface area contributed by atoms with Gasteiger partial charge < -0.3 is 4.84 Å². The highest BCUT2D eigenvalue weighted by molar-refractivity contribution is 5.92. The molecule has 0 saturated heterocycles. The number of allylic oxidation sites excluding steroid dienone is 4. The van der Waals surface area contributed by atoms with Crippen LogP contribution < -0.4 is 0 Å². The highest BCUT2D eigenvalue weighted by atomic mass is 16.6. The van der Waals surface area contributed by atoms with Gasteiger partial charge in [0.1, 0.15) is 6.61 Å². The van der Waals surface area contributed by atoms with E-state index in [0.717, 1.165) is 5.71 Å². The van der Waals surface area contributed by atoms with Crippen LogP contribution in [-0.2, 0) is 4.84 Å². The third kappa shape index (κ3) is 4.17. The standard InChI is InChI=1S/C16H25NO/c1-6-12-18-17-14(3)9-10-15-13(2)8-7-11-16(15,4)5/h6,8-10,15H,1,7,11-12H2,2-5H3/b10-9+,17-14+. The van der Waals surface area contributed by atoms with Gasteiger partial charge in [0.05, 0.1) is 5.71 Å². The summed E-state index contributed by atoms with van der Waals surface area (Å²) in [6.07, 6.45) is 10.8. The molecule has 0 heterocycles. The second-order valence-corrected chi connectivity index (χ2v) is 5.63. The van der Waals surface area contributed by atoms with Crippen molar-refractivity contribution in [2.24, 2.45) is 16.5 Å². The molecule has 100 valence electrons. The van der Waals surface area contributed by atoms with Crippen molar-refractivity contribution in [3.8, 4) is 0 Å². The summed E-state index contributed by atoms with van der Waals surface area (Å²) in [5.41, 5.74) is 2.69. The molecule has 0 fully saturated rings. The van der Waals surface area contributed by atoms with Crippen molar-refractivity contribution in [3.63, 3.8) is 0 Å². The molecule has 0 amide bonds. The van der Waals surface area contributed by atoms with E-state index in [-0.39, 0.29) is 0 Å². The smallest absolute Gasteiger partial charge is 0.135 e. The molecular weight excluding hydrogens is 222 g/mol. The third-order valence-corrected chi connectivity index (χ3v) is 3.52. The van der Waals surface area contributed by atoms with Crippen molar-refractivity contribution in [3.05, 3.63) is 36.5 Å². The third-order valence-electron chi connectivity index (χ3n) is 3.52. The predicted octanol–water partition coefficient (Wildman–Crippen LogP) is 4.50. The Morgan fingerprint density at radius 1 is 1.61 bits per heavy atom. The van der Waals surface area contributed by atoms with E-state index in [1.807, 2.05) is 6.92 Å². The molecule has 1 unspecified atom stereocenters. The number of rotatable bonds is 5. The van der Waals surface area contributed by atoms with Crippen molar-refractivity contribution in [1.29, 1.82) is 0 Å². The number of nitrogens with zero attached hydrogens (tertiary/aromatic N) is 1. The van der Waals surface area contributed by atoms with Gasteiger partial charge in [-0.1, -0.05) is 49.4 Å².